The minimum atomic E-state index is -0.854. The first-order chi connectivity index (χ1) is 9.13. The molecule has 2 nitrogen and oxygen atoms in total. The van der Waals surface area contributed by atoms with Gasteiger partial charge in [-0.3, -0.25) is 0 Å². The Bertz CT molecular complexity index is 493. The Morgan fingerprint density at radius 1 is 0.947 bits per heavy atom. The highest BCUT2D eigenvalue weighted by atomic mass is 16.3. The number of para-hydroxylation sites is 1. The highest BCUT2D eigenvalue weighted by Crippen LogP contribution is 2.24. The van der Waals surface area contributed by atoms with Crippen molar-refractivity contribution in [2.45, 2.75) is 19.4 Å². The molecule has 0 amide bonds. The molecule has 2 heteroatoms. The van der Waals surface area contributed by atoms with Crippen LogP contribution in [0.15, 0.2) is 60.7 Å². The molecule has 1 unspecified atom stereocenters. The molecule has 0 aliphatic heterocycles. The Balaban J connectivity index is 2.19. The Morgan fingerprint density at radius 3 is 2.00 bits per heavy atom. The van der Waals surface area contributed by atoms with Gasteiger partial charge in [-0.05, 0) is 31.5 Å². The molecule has 19 heavy (non-hydrogen) atoms. The number of hydrogen-bond donors (Lipinski definition) is 1. The minimum absolute atomic E-state index is 0.581. The molecule has 0 bridgehead atoms. The molecule has 2 aromatic carbocycles. The lowest BCUT2D eigenvalue weighted by atomic mass is 9.95. The lowest BCUT2D eigenvalue weighted by molar-refractivity contribution is 0.0647. The number of hydrogen-bond acceptors (Lipinski definition) is 2. The average molecular weight is 255 g/mol. The zero-order valence-corrected chi connectivity index (χ0v) is 11.6. The SMILES string of the molecule is CCN(CC(C)(O)c1ccccc1)c1ccccc1. The molecule has 0 radical (unpaired) electrons. The van der Waals surface area contributed by atoms with Gasteiger partial charge in [-0.1, -0.05) is 48.5 Å². The van der Waals surface area contributed by atoms with E-state index in [4.69, 9.17) is 0 Å². The van der Waals surface area contributed by atoms with Crippen LogP contribution in [0.25, 0.3) is 0 Å². The van der Waals surface area contributed by atoms with E-state index >= 15 is 0 Å². The van der Waals surface area contributed by atoms with E-state index in [-0.39, 0.29) is 0 Å². The summed E-state index contributed by atoms with van der Waals surface area (Å²) < 4.78 is 0. The molecule has 0 fully saturated rings. The van der Waals surface area contributed by atoms with Crippen LogP contribution in [0.2, 0.25) is 0 Å². The Morgan fingerprint density at radius 2 is 1.47 bits per heavy atom. The van der Waals surface area contributed by atoms with Crippen molar-refractivity contribution < 1.29 is 5.11 Å². The van der Waals surface area contributed by atoms with Gasteiger partial charge in [0.15, 0.2) is 0 Å². The molecule has 1 atom stereocenters. The third kappa shape index (κ3) is 3.36. The van der Waals surface area contributed by atoms with Gasteiger partial charge < -0.3 is 10.0 Å². The van der Waals surface area contributed by atoms with Crippen molar-refractivity contribution in [3.63, 3.8) is 0 Å². The van der Waals surface area contributed by atoms with Crippen LogP contribution in [0, 0.1) is 0 Å². The number of benzene rings is 2. The van der Waals surface area contributed by atoms with E-state index in [1.165, 1.54) is 0 Å². The predicted octanol–water partition coefficient (Wildman–Crippen LogP) is 3.42. The second kappa shape index (κ2) is 5.89. The Hall–Kier alpha value is -1.80. The van der Waals surface area contributed by atoms with Crippen LogP contribution in [-0.4, -0.2) is 18.2 Å². The summed E-state index contributed by atoms with van der Waals surface area (Å²) in [5.41, 5.74) is 1.23. The van der Waals surface area contributed by atoms with Gasteiger partial charge >= 0.3 is 0 Å². The molecule has 2 aromatic rings. The van der Waals surface area contributed by atoms with Gasteiger partial charge in [-0.2, -0.15) is 0 Å². The standard InChI is InChI=1S/C17H21NO/c1-3-18(16-12-8-5-9-13-16)14-17(2,19)15-10-6-4-7-11-15/h4-13,19H,3,14H2,1-2H3. The minimum Gasteiger partial charge on any atom is -0.384 e. The van der Waals surface area contributed by atoms with Crippen molar-refractivity contribution in [3.05, 3.63) is 66.2 Å². The highest BCUT2D eigenvalue weighted by Gasteiger charge is 2.25. The van der Waals surface area contributed by atoms with Crippen molar-refractivity contribution in [1.82, 2.24) is 0 Å². The summed E-state index contributed by atoms with van der Waals surface area (Å²) in [6.45, 7) is 5.42. The number of anilines is 1. The van der Waals surface area contributed by atoms with Crippen molar-refractivity contribution in [1.29, 1.82) is 0 Å². The van der Waals surface area contributed by atoms with Crippen molar-refractivity contribution in [2.24, 2.45) is 0 Å². The number of aliphatic hydroxyl groups is 1. The van der Waals surface area contributed by atoms with E-state index in [0.29, 0.717) is 6.54 Å². The normalized spacial score (nSPS) is 13.8. The lowest BCUT2D eigenvalue weighted by Gasteiger charge is -2.32. The fraction of sp³-hybridized carbons (Fsp3) is 0.294. The summed E-state index contributed by atoms with van der Waals surface area (Å²) in [6, 6.07) is 20.0. The zero-order chi connectivity index (χ0) is 13.7. The quantitative estimate of drug-likeness (QED) is 0.885. The van der Waals surface area contributed by atoms with Gasteiger partial charge in [-0.25, -0.2) is 0 Å². The molecule has 100 valence electrons. The van der Waals surface area contributed by atoms with Crippen LogP contribution in [0.3, 0.4) is 0 Å². The number of rotatable bonds is 5. The van der Waals surface area contributed by atoms with E-state index in [2.05, 4.69) is 24.0 Å². The van der Waals surface area contributed by atoms with Gasteiger partial charge in [0.1, 0.15) is 5.60 Å². The molecule has 1 N–H and O–H groups in total. The summed E-state index contributed by atoms with van der Waals surface area (Å²) in [7, 11) is 0. The first-order valence-electron chi connectivity index (χ1n) is 6.71. The second-order valence-corrected chi connectivity index (χ2v) is 4.99. The van der Waals surface area contributed by atoms with Crippen molar-refractivity contribution in [2.75, 3.05) is 18.0 Å². The van der Waals surface area contributed by atoms with E-state index in [1.54, 1.807) is 0 Å². The van der Waals surface area contributed by atoms with Crippen LogP contribution in [0.1, 0.15) is 19.4 Å². The fourth-order valence-corrected chi connectivity index (χ4v) is 2.28. The molecule has 0 aliphatic carbocycles. The van der Waals surface area contributed by atoms with Crippen LogP contribution >= 0.6 is 0 Å². The molecule has 2 rings (SSSR count). The average Bonchev–Trinajstić information content (AvgIpc) is 2.47. The van der Waals surface area contributed by atoms with Gasteiger partial charge in [-0.15, -0.1) is 0 Å². The first kappa shape index (κ1) is 13.6. The maximum atomic E-state index is 10.7. The number of nitrogens with zero attached hydrogens (tertiary/aromatic N) is 1. The first-order valence-corrected chi connectivity index (χ1v) is 6.71. The molecule has 0 aromatic heterocycles. The number of likely N-dealkylation sites (N-methyl/N-ethyl adjacent to an activating group) is 1. The van der Waals surface area contributed by atoms with Crippen LogP contribution in [-0.2, 0) is 5.60 Å². The highest BCUT2D eigenvalue weighted by molar-refractivity contribution is 5.46. The molecular formula is C17H21NO. The van der Waals surface area contributed by atoms with Crippen LogP contribution in [0.5, 0.6) is 0 Å². The van der Waals surface area contributed by atoms with E-state index in [9.17, 15) is 5.11 Å². The van der Waals surface area contributed by atoms with Crippen molar-refractivity contribution >= 4 is 5.69 Å². The monoisotopic (exact) mass is 255 g/mol. The van der Waals surface area contributed by atoms with Crippen LogP contribution in [0.4, 0.5) is 5.69 Å². The molecule has 0 spiro atoms. The molecule has 0 heterocycles. The second-order valence-electron chi connectivity index (χ2n) is 4.99. The third-order valence-electron chi connectivity index (χ3n) is 3.40. The van der Waals surface area contributed by atoms with E-state index in [0.717, 1.165) is 17.8 Å². The largest absolute Gasteiger partial charge is 0.384 e. The topological polar surface area (TPSA) is 23.5 Å². The summed E-state index contributed by atoms with van der Waals surface area (Å²) in [5.74, 6) is 0. The Labute approximate surface area is 115 Å². The summed E-state index contributed by atoms with van der Waals surface area (Å²) in [6.07, 6.45) is 0. The van der Waals surface area contributed by atoms with E-state index in [1.807, 2.05) is 55.5 Å². The zero-order valence-electron chi connectivity index (χ0n) is 11.6. The summed E-state index contributed by atoms with van der Waals surface area (Å²) >= 11 is 0. The van der Waals surface area contributed by atoms with E-state index < -0.39 is 5.60 Å². The molecule has 0 aliphatic rings. The smallest absolute Gasteiger partial charge is 0.104 e. The predicted molar refractivity (Wildman–Crippen MR) is 80.3 cm³/mol. The third-order valence-corrected chi connectivity index (χ3v) is 3.40. The molecule has 0 saturated heterocycles. The summed E-state index contributed by atoms with van der Waals surface area (Å²) in [5, 5.41) is 10.7. The van der Waals surface area contributed by atoms with Gasteiger partial charge in [0.25, 0.3) is 0 Å². The van der Waals surface area contributed by atoms with Crippen LogP contribution < -0.4 is 4.90 Å². The molecular weight excluding hydrogens is 234 g/mol. The fourth-order valence-electron chi connectivity index (χ4n) is 2.28. The lowest BCUT2D eigenvalue weighted by Crippen LogP contribution is -2.39. The molecule has 0 saturated carbocycles. The van der Waals surface area contributed by atoms with Gasteiger partial charge in [0.2, 0.25) is 0 Å². The van der Waals surface area contributed by atoms with Gasteiger partial charge in [0, 0.05) is 12.2 Å². The maximum Gasteiger partial charge on any atom is 0.104 e. The Kier molecular flexibility index (Phi) is 4.23. The summed E-state index contributed by atoms with van der Waals surface area (Å²) in [4.78, 5) is 2.19. The maximum absolute atomic E-state index is 10.7. The van der Waals surface area contributed by atoms with Gasteiger partial charge in [0.05, 0.1) is 6.54 Å². The van der Waals surface area contributed by atoms with Crippen molar-refractivity contribution in [3.8, 4) is 0 Å².